The van der Waals surface area contributed by atoms with E-state index in [2.05, 4.69) is 28.1 Å². The van der Waals surface area contributed by atoms with Crippen LogP contribution in [-0.2, 0) is 4.79 Å². The second kappa shape index (κ2) is 8.62. The van der Waals surface area contributed by atoms with E-state index in [0.29, 0.717) is 18.7 Å². The van der Waals surface area contributed by atoms with Crippen molar-refractivity contribution in [1.29, 1.82) is 0 Å². The number of nitrogens with zero attached hydrogens (tertiary/aromatic N) is 3. The lowest BCUT2D eigenvalue weighted by atomic mass is 9.97. The van der Waals surface area contributed by atoms with Crippen LogP contribution in [0.15, 0.2) is 85.1 Å². The number of hydrogen-bond acceptors (Lipinski definition) is 3. The summed E-state index contributed by atoms with van der Waals surface area (Å²) in [5.74, 6) is -0.0802. The molecule has 2 unspecified atom stereocenters. The lowest BCUT2D eigenvalue weighted by Crippen LogP contribution is -2.54. The van der Waals surface area contributed by atoms with E-state index in [-0.39, 0.29) is 17.9 Å². The van der Waals surface area contributed by atoms with E-state index in [0.717, 1.165) is 35.1 Å². The van der Waals surface area contributed by atoms with Gasteiger partial charge in [-0.1, -0.05) is 54.6 Å². The fraction of sp³-hybridized carbons (Fsp3) is 0.241. The molecule has 4 aromatic rings. The number of para-hydroxylation sites is 2. The summed E-state index contributed by atoms with van der Waals surface area (Å²) in [5.41, 5.74) is 4.85. The quantitative estimate of drug-likeness (QED) is 0.486. The summed E-state index contributed by atoms with van der Waals surface area (Å²) in [5, 5.41) is 1.07. The highest BCUT2D eigenvalue weighted by Crippen LogP contribution is 2.42. The zero-order valence-corrected chi connectivity index (χ0v) is 19.7. The summed E-state index contributed by atoms with van der Waals surface area (Å²) < 4.78 is 0. The molecule has 2 aliphatic rings. The SMILES string of the molecule is CC(C(=O)N1CCN(c2ccccc2)CC1)N1C(=O)c2ccccc2C1c1c[nH]c2ccccc12. The third-order valence-corrected chi connectivity index (χ3v) is 7.40. The molecule has 2 aliphatic heterocycles. The minimum atomic E-state index is -0.572. The van der Waals surface area contributed by atoms with Crippen molar-refractivity contribution >= 4 is 28.4 Å². The normalized spacial score (nSPS) is 18.7. The number of anilines is 1. The highest BCUT2D eigenvalue weighted by molar-refractivity contribution is 6.03. The van der Waals surface area contributed by atoms with Gasteiger partial charge in [0.25, 0.3) is 5.91 Å². The minimum Gasteiger partial charge on any atom is -0.368 e. The van der Waals surface area contributed by atoms with Gasteiger partial charge in [-0.2, -0.15) is 0 Å². The van der Waals surface area contributed by atoms with Crippen LogP contribution in [0.4, 0.5) is 5.69 Å². The molecular formula is C29H28N4O2. The van der Waals surface area contributed by atoms with Crippen LogP contribution in [0.2, 0.25) is 0 Å². The first-order chi connectivity index (χ1) is 17.1. The van der Waals surface area contributed by atoms with Crippen molar-refractivity contribution in [3.05, 3.63) is 102 Å². The highest BCUT2D eigenvalue weighted by Gasteiger charge is 2.44. The molecule has 3 heterocycles. The fourth-order valence-electron chi connectivity index (χ4n) is 5.58. The zero-order valence-electron chi connectivity index (χ0n) is 19.7. The lowest BCUT2D eigenvalue weighted by molar-refractivity contribution is -0.136. The first kappa shape index (κ1) is 21.5. The number of H-pyrrole nitrogens is 1. The molecule has 6 heteroatoms. The Bertz CT molecular complexity index is 1390. The standard InChI is InChI=1S/C29H28N4O2/c1-20(28(34)32-17-15-31(16-18-32)21-9-3-2-4-10-21)33-27(23-12-5-6-13-24(23)29(33)35)25-19-30-26-14-8-7-11-22(25)26/h2-14,19-20,27,30H,15-18H2,1H3. The summed E-state index contributed by atoms with van der Waals surface area (Å²) >= 11 is 0. The maximum atomic E-state index is 13.7. The smallest absolute Gasteiger partial charge is 0.255 e. The highest BCUT2D eigenvalue weighted by atomic mass is 16.2. The largest absolute Gasteiger partial charge is 0.368 e. The molecule has 0 aliphatic carbocycles. The van der Waals surface area contributed by atoms with Gasteiger partial charge in [0.2, 0.25) is 5.91 Å². The second-order valence-corrected chi connectivity index (χ2v) is 9.32. The molecule has 1 aromatic heterocycles. The van der Waals surface area contributed by atoms with Gasteiger partial charge in [0, 0.05) is 60.1 Å². The molecule has 6 nitrogen and oxygen atoms in total. The third kappa shape index (κ3) is 3.57. The first-order valence-electron chi connectivity index (χ1n) is 12.2. The number of piperazine rings is 1. The maximum Gasteiger partial charge on any atom is 0.255 e. The molecule has 0 bridgehead atoms. The Morgan fingerprint density at radius 1 is 0.857 bits per heavy atom. The van der Waals surface area contributed by atoms with Gasteiger partial charge in [-0.15, -0.1) is 0 Å². The Kier molecular flexibility index (Phi) is 5.29. The number of aromatic nitrogens is 1. The molecule has 0 saturated carbocycles. The van der Waals surface area contributed by atoms with Crippen molar-refractivity contribution in [2.24, 2.45) is 0 Å². The van der Waals surface area contributed by atoms with E-state index in [1.807, 2.05) is 78.7 Å². The summed E-state index contributed by atoms with van der Waals surface area (Å²) in [6.45, 7) is 4.72. The minimum absolute atomic E-state index is 0.00343. The molecule has 176 valence electrons. The third-order valence-electron chi connectivity index (χ3n) is 7.40. The van der Waals surface area contributed by atoms with Gasteiger partial charge in [0.1, 0.15) is 6.04 Å². The summed E-state index contributed by atoms with van der Waals surface area (Å²) in [6, 6.07) is 25.3. The Balaban J connectivity index is 1.29. The first-order valence-corrected chi connectivity index (χ1v) is 12.2. The van der Waals surface area contributed by atoms with Gasteiger partial charge in [-0.3, -0.25) is 9.59 Å². The fourth-order valence-corrected chi connectivity index (χ4v) is 5.58. The van der Waals surface area contributed by atoms with Gasteiger partial charge >= 0.3 is 0 Å². The van der Waals surface area contributed by atoms with Crippen molar-refractivity contribution in [1.82, 2.24) is 14.8 Å². The van der Waals surface area contributed by atoms with Crippen molar-refractivity contribution in [3.8, 4) is 0 Å². The van der Waals surface area contributed by atoms with Gasteiger partial charge in [0.05, 0.1) is 6.04 Å². The average Bonchev–Trinajstić information content (AvgIpc) is 3.47. The maximum absolute atomic E-state index is 13.7. The number of carbonyl (C=O) groups excluding carboxylic acids is 2. The molecule has 2 amide bonds. The van der Waals surface area contributed by atoms with Crippen molar-refractivity contribution < 1.29 is 9.59 Å². The number of nitrogens with one attached hydrogen (secondary N) is 1. The molecule has 1 saturated heterocycles. The van der Waals surface area contributed by atoms with Gasteiger partial charge in [-0.25, -0.2) is 0 Å². The monoisotopic (exact) mass is 464 g/mol. The van der Waals surface area contributed by atoms with Crippen LogP contribution in [0.25, 0.3) is 10.9 Å². The Morgan fingerprint density at radius 3 is 2.34 bits per heavy atom. The van der Waals surface area contributed by atoms with E-state index in [1.54, 1.807) is 4.90 Å². The number of hydrogen-bond donors (Lipinski definition) is 1. The van der Waals surface area contributed by atoms with Crippen LogP contribution in [0.5, 0.6) is 0 Å². The number of aromatic amines is 1. The zero-order chi connectivity index (χ0) is 23.9. The Labute approximate surface area is 204 Å². The predicted molar refractivity (Wildman–Crippen MR) is 137 cm³/mol. The van der Waals surface area contributed by atoms with Crippen LogP contribution in [-0.4, -0.2) is 58.8 Å². The number of fused-ring (bicyclic) bond motifs is 2. The van der Waals surface area contributed by atoms with Crippen LogP contribution in [0.1, 0.15) is 34.5 Å². The van der Waals surface area contributed by atoms with Crippen LogP contribution in [0.3, 0.4) is 0 Å². The molecule has 3 aromatic carbocycles. The topological polar surface area (TPSA) is 59.7 Å². The molecule has 2 atom stereocenters. The molecule has 1 N–H and O–H groups in total. The van der Waals surface area contributed by atoms with Crippen molar-refractivity contribution in [2.75, 3.05) is 31.1 Å². The average molecular weight is 465 g/mol. The molecular weight excluding hydrogens is 436 g/mol. The van der Waals surface area contributed by atoms with Crippen LogP contribution in [0, 0.1) is 0 Å². The number of rotatable bonds is 4. The molecule has 35 heavy (non-hydrogen) atoms. The molecule has 0 spiro atoms. The molecule has 0 radical (unpaired) electrons. The number of amides is 2. The molecule has 6 rings (SSSR count). The Morgan fingerprint density at radius 2 is 1.54 bits per heavy atom. The number of carbonyl (C=O) groups is 2. The van der Waals surface area contributed by atoms with E-state index in [1.165, 1.54) is 5.69 Å². The van der Waals surface area contributed by atoms with E-state index in [4.69, 9.17) is 0 Å². The van der Waals surface area contributed by atoms with Crippen molar-refractivity contribution in [2.45, 2.75) is 19.0 Å². The van der Waals surface area contributed by atoms with Crippen LogP contribution < -0.4 is 4.90 Å². The van der Waals surface area contributed by atoms with E-state index < -0.39 is 6.04 Å². The van der Waals surface area contributed by atoms with Gasteiger partial charge in [-0.05, 0) is 36.8 Å². The van der Waals surface area contributed by atoms with Crippen LogP contribution >= 0.6 is 0 Å². The summed E-state index contributed by atoms with van der Waals surface area (Å²) in [6.07, 6.45) is 1.98. The summed E-state index contributed by atoms with van der Waals surface area (Å²) in [7, 11) is 0. The van der Waals surface area contributed by atoms with Crippen molar-refractivity contribution in [3.63, 3.8) is 0 Å². The van der Waals surface area contributed by atoms with Gasteiger partial charge < -0.3 is 19.7 Å². The lowest BCUT2D eigenvalue weighted by Gasteiger charge is -2.39. The second-order valence-electron chi connectivity index (χ2n) is 9.32. The van der Waals surface area contributed by atoms with E-state index in [9.17, 15) is 9.59 Å². The van der Waals surface area contributed by atoms with Gasteiger partial charge in [0.15, 0.2) is 0 Å². The van der Waals surface area contributed by atoms with E-state index >= 15 is 0 Å². The summed E-state index contributed by atoms with van der Waals surface area (Å²) in [4.78, 5) is 36.7. The predicted octanol–water partition coefficient (Wildman–Crippen LogP) is 4.45. The Hall–Kier alpha value is -4.06. The molecule has 1 fully saturated rings. The number of benzene rings is 3.